The standard InChI is InChI=1S/C13H16F2O3/c1-9(2)18-11-5-3-10(4-6-11)7-8-13(14,15)12(16)17/h3-6,9H,7-8H2,1-2H3,(H,16,17). The van der Waals surface area contributed by atoms with E-state index < -0.39 is 18.3 Å². The van der Waals surface area contributed by atoms with Crippen molar-refractivity contribution >= 4 is 5.97 Å². The summed E-state index contributed by atoms with van der Waals surface area (Å²) in [6.45, 7) is 3.78. The zero-order valence-electron chi connectivity index (χ0n) is 10.3. The van der Waals surface area contributed by atoms with Gasteiger partial charge >= 0.3 is 11.9 Å². The lowest BCUT2D eigenvalue weighted by atomic mass is 10.1. The van der Waals surface area contributed by atoms with Crippen LogP contribution in [0.2, 0.25) is 0 Å². The summed E-state index contributed by atoms with van der Waals surface area (Å²) in [4.78, 5) is 10.2. The van der Waals surface area contributed by atoms with Gasteiger partial charge in [0.15, 0.2) is 0 Å². The number of hydrogen-bond donors (Lipinski definition) is 1. The van der Waals surface area contributed by atoms with E-state index in [9.17, 15) is 13.6 Å². The van der Waals surface area contributed by atoms with Gasteiger partial charge in [0.25, 0.3) is 0 Å². The van der Waals surface area contributed by atoms with Crippen LogP contribution in [0.15, 0.2) is 24.3 Å². The summed E-state index contributed by atoms with van der Waals surface area (Å²) < 4.78 is 31.1. The Balaban J connectivity index is 2.57. The number of aliphatic carboxylic acids is 1. The molecule has 18 heavy (non-hydrogen) atoms. The van der Waals surface area contributed by atoms with Crippen molar-refractivity contribution in [1.29, 1.82) is 0 Å². The topological polar surface area (TPSA) is 46.5 Å². The molecule has 0 saturated carbocycles. The second kappa shape index (κ2) is 5.80. The molecule has 5 heteroatoms. The molecular weight excluding hydrogens is 242 g/mol. The van der Waals surface area contributed by atoms with E-state index in [1.165, 1.54) is 0 Å². The maximum atomic E-state index is 12.9. The molecular formula is C13H16F2O3. The third kappa shape index (κ3) is 4.31. The molecule has 1 rings (SSSR count). The largest absolute Gasteiger partial charge is 0.491 e. The van der Waals surface area contributed by atoms with E-state index in [0.717, 1.165) is 0 Å². The Labute approximate surface area is 104 Å². The highest BCUT2D eigenvalue weighted by Gasteiger charge is 2.37. The molecule has 0 amide bonds. The Bertz CT molecular complexity index is 399. The van der Waals surface area contributed by atoms with Crippen molar-refractivity contribution < 1.29 is 23.4 Å². The predicted octanol–water partition coefficient (Wildman–Crippen LogP) is 3.13. The van der Waals surface area contributed by atoms with Crippen LogP contribution in [0.1, 0.15) is 25.8 Å². The number of carbonyl (C=O) groups is 1. The minimum atomic E-state index is -3.67. The zero-order valence-corrected chi connectivity index (χ0v) is 10.3. The summed E-state index contributed by atoms with van der Waals surface area (Å²) in [5.41, 5.74) is 0.659. The molecule has 0 saturated heterocycles. The van der Waals surface area contributed by atoms with E-state index in [1.807, 2.05) is 13.8 Å². The molecule has 0 spiro atoms. The van der Waals surface area contributed by atoms with Gasteiger partial charge in [-0.3, -0.25) is 0 Å². The van der Waals surface area contributed by atoms with Gasteiger partial charge in [0, 0.05) is 6.42 Å². The molecule has 0 heterocycles. The number of halogens is 2. The number of ether oxygens (including phenoxy) is 1. The second-order valence-electron chi connectivity index (χ2n) is 4.32. The quantitative estimate of drug-likeness (QED) is 0.852. The molecule has 0 atom stereocenters. The van der Waals surface area contributed by atoms with Crippen LogP contribution >= 0.6 is 0 Å². The summed E-state index contributed by atoms with van der Waals surface area (Å²) in [7, 11) is 0. The summed E-state index contributed by atoms with van der Waals surface area (Å²) >= 11 is 0. The molecule has 100 valence electrons. The zero-order chi connectivity index (χ0) is 13.8. The van der Waals surface area contributed by atoms with Crippen molar-refractivity contribution in [3.63, 3.8) is 0 Å². The predicted molar refractivity (Wildman–Crippen MR) is 63.1 cm³/mol. The maximum absolute atomic E-state index is 12.9. The number of carboxylic acids is 1. The van der Waals surface area contributed by atoms with Crippen molar-refractivity contribution in [2.24, 2.45) is 0 Å². The first-order valence-corrected chi connectivity index (χ1v) is 5.68. The van der Waals surface area contributed by atoms with E-state index in [2.05, 4.69) is 0 Å². The Hall–Kier alpha value is -1.65. The summed E-state index contributed by atoms with van der Waals surface area (Å²) in [6.07, 6.45) is -0.638. The van der Waals surface area contributed by atoms with Crippen LogP contribution in [0.25, 0.3) is 0 Å². The van der Waals surface area contributed by atoms with Gasteiger partial charge in [-0.2, -0.15) is 8.78 Å². The van der Waals surface area contributed by atoms with Crippen LogP contribution in [0.4, 0.5) is 8.78 Å². The first kappa shape index (κ1) is 14.4. The van der Waals surface area contributed by atoms with E-state index in [4.69, 9.17) is 9.84 Å². The van der Waals surface area contributed by atoms with Crippen molar-refractivity contribution in [2.45, 2.75) is 38.7 Å². The first-order valence-electron chi connectivity index (χ1n) is 5.68. The van der Waals surface area contributed by atoms with Gasteiger partial charge < -0.3 is 9.84 Å². The van der Waals surface area contributed by atoms with Crippen molar-refractivity contribution in [1.82, 2.24) is 0 Å². The molecule has 3 nitrogen and oxygen atoms in total. The summed E-state index contributed by atoms with van der Waals surface area (Å²) in [5, 5.41) is 8.29. The number of rotatable bonds is 6. The number of benzene rings is 1. The summed E-state index contributed by atoms with van der Waals surface area (Å²) in [5.74, 6) is -5.09. The Kier molecular flexibility index (Phi) is 4.64. The van der Waals surface area contributed by atoms with Crippen LogP contribution in [-0.4, -0.2) is 23.1 Å². The molecule has 0 aliphatic carbocycles. The van der Waals surface area contributed by atoms with E-state index in [0.29, 0.717) is 11.3 Å². The lowest BCUT2D eigenvalue weighted by Gasteiger charge is -2.12. The highest BCUT2D eigenvalue weighted by Crippen LogP contribution is 2.22. The van der Waals surface area contributed by atoms with Gasteiger partial charge in [0.05, 0.1) is 6.10 Å². The molecule has 0 fully saturated rings. The molecule has 0 aromatic heterocycles. The fraction of sp³-hybridized carbons (Fsp3) is 0.462. The summed E-state index contributed by atoms with van der Waals surface area (Å²) in [6, 6.07) is 6.70. The fourth-order valence-electron chi connectivity index (χ4n) is 1.42. The van der Waals surface area contributed by atoms with Gasteiger partial charge in [0.2, 0.25) is 0 Å². The van der Waals surface area contributed by atoms with E-state index in [1.54, 1.807) is 24.3 Å². The van der Waals surface area contributed by atoms with Gasteiger partial charge in [-0.05, 0) is 38.0 Å². The number of hydrogen-bond acceptors (Lipinski definition) is 2. The fourth-order valence-corrected chi connectivity index (χ4v) is 1.42. The first-order chi connectivity index (χ1) is 8.31. The van der Waals surface area contributed by atoms with E-state index in [-0.39, 0.29) is 12.5 Å². The second-order valence-corrected chi connectivity index (χ2v) is 4.32. The molecule has 1 aromatic carbocycles. The van der Waals surface area contributed by atoms with Crippen LogP contribution in [0.5, 0.6) is 5.75 Å². The lowest BCUT2D eigenvalue weighted by molar-refractivity contribution is -0.165. The Morgan fingerprint density at radius 3 is 2.33 bits per heavy atom. The molecule has 1 aromatic rings. The highest BCUT2D eigenvalue weighted by atomic mass is 19.3. The monoisotopic (exact) mass is 258 g/mol. The lowest BCUT2D eigenvalue weighted by Crippen LogP contribution is -2.28. The van der Waals surface area contributed by atoms with Crippen LogP contribution in [0.3, 0.4) is 0 Å². The molecule has 0 aliphatic rings. The molecule has 0 aliphatic heterocycles. The normalized spacial score (nSPS) is 11.6. The minimum Gasteiger partial charge on any atom is -0.491 e. The molecule has 0 bridgehead atoms. The third-order valence-electron chi connectivity index (χ3n) is 2.34. The maximum Gasteiger partial charge on any atom is 0.374 e. The van der Waals surface area contributed by atoms with Crippen LogP contribution in [0, 0.1) is 0 Å². The third-order valence-corrected chi connectivity index (χ3v) is 2.34. The van der Waals surface area contributed by atoms with Gasteiger partial charge in [-0.1, -0.05) is 12.1 Å². The van der Waals surface area contributed by atoms with E-state index >= 15 is 0 Å². The van der Waals surface area contributed by atoms with Gasteiger partial charge in [-0.15, -0.1) is 0 Å². The number of aryl methyl sites for hydroxylation is 1. The molecule has 0 unspecified atom stereocenters. The highest BCUT2D eigenvalue weighted by molar-refractivity contribution is 5.75. The van der Waals surface area contributed by atoms with Crippen molar-refractivity contribution in [3.8, 4) is 5.75 Å². The van der Waals surface area contributed by atoms with Crippen molar-refractivity contribution in [3.05, 3.63) is 29.8 Å². The molecule has 0 radical (unpaired) electrons. The number of carboxylic acid groups (broad SMARTS) is 1. The van der Waals surface area contributed by atoms with Gasteiger partial charge in [0.1, 0.15) is 5.75 Å². The molecule has 1 N–H and O–H groups in total. The van der Waals surface area contributed by atoms with Crippen LogP contribution in [-0.2, 0) is 11.2 Å². The smallest absolute Gasteiger partial charge is 0.374 e. The van der Waals surface area contributed by atoms with Gasteiger partial charge in [-0.25, -0.2) is 4.79 Å². The van der Waals surface area contributed by atoms with Crippen LogP contribution < -0.4 is 4.74 Å². The SMILES string of the molecule is CC(C)Oc1ccc(CCC(F)(F)C(=O)O)cc1. The average molecular weight is 258 g/mol. The van der Waals surface area contributed by atoms with Crippen molar-refractivity contribution in [2.75, 3.05) is 0 Å². The average Bonchev–Trinajstić information content (AvgIpc) is 2.27. The minimum absolute atomic E-state index is 0.0151. The number of alkyl halides is 2. The Morgan fingerprint density at radius 2 is 1.89 bits per heavy atom. The Morgan fingerprint density at radius 1 is 1.33 bits per heavy atom.